The van der Waals surface area contributed by atoms with Gasteiger partial charge in [-0.1, -0.05) is 53.5 Å². The molecule has 3 aromatic carbocycles. The Morgan fingerprint density at radius 1 is 1.08 bits per heavy atom. The van der Waals surface area contributed by atoms with E-state index >= 15 is 0 Å². The maximum atomic E-state index is 14.2. The maximum Gasteiger partial charge on any atom is 0.300 e. The number of fused-ring (bicyclic) bond motifs is 1. The van der Waals surface area contributed by atoms with Gasteiger partial charge in [-0.15, -0.1) is 0 Å². The van der Waals surface area contributed by atoms with Crippen LogP contribution in [0.4, 0.5) is 4.39 Å². The van der Waals surface area contributed by atoms with Crippen molar-refractivity contribution in [3.05, 3.63) is 87.9 Å². The lowest BCUT2D eigenvalue weighted by Gasteiger charge is -2.34. The Bertz CT molecular complexity index is 1360. The summed E-state index contributed by atoms with van der Waals surface area (Å²) in [5.74, 6) is 0.737. The molecule has 2 unspecified atom stereocenters. The fraction of sp³-hybridized carbons (Fsp3) is 0.222. The third-order valence-corrected chi connectivity index (χ3v) is 6.38. The van der Waals surface area contributed by atoms with Gasteiger partial charge in [-0.3, -0.25) is 14.7 Å². The topological polar surface area (TPSA) is 101 Å². The molecule has 0 saturated heterocycles. The van der Waals surface area contributed by atoms with Crippen LogP contribution >= 0.6 is 23.2 Å². The van der Waals surface area contributed by atoms with E-state index in [1.54, 1.807) is 18.1 Å². The Morgan fingerprint density at radius 2 is 1.73 bits per heavy atom. The summed E-state index contributed by atoms with van der Waals surface area (Å²) in [6, 6.07) is 20.9. The molecule has 0 saturated carbocycles. The van der Waals surface area contributed by atoms with Gasteiger partial charge in [0, 0.05) is 17.0 Å². The molecule has 0 amide bonds. The fourth-order valence-electron chi connectivity index (χ4n) is 4.44. The zero-order valence-electron chi connectivity index (χ0n) is 20.2. The molecule has 37 heavy (non-hydrogen) atoms. The number of guanidine groups is 1. The summed E-state index contributed by atoms with van der Waals surface area (Å²) in [6.07, 6.45) is -1.10. The Balaban J connectivity index is 0.000000747. The zero-order chi connectivity index (χ0) is 26.7. The quantitative estimate of drug-likeness (QED) is 0.460. The van der Waals surface area contributed by atoms with Gasteiger partial charge in [-0.2, -0.15) is 0 Å². The lowest BCUT2D eigenvalue weighted by Crippen LogP contribution is -2.49. The number of carbonyl (C=O) groups is 1. The van der Waals surface area contributed by atoms with Crippen molar-refractivity contribution < 1.29 is 19.0 Å². The first-order valence-electron chi connectivity index (χ1n) is 11.4. The number of benzene rings is 3. The molecule has 7 nitrogen and oxygen atoms in total. The van der Waals surface area contributed by atoms with E-state index in [2.05, 4.69) is 4.99 Å². The van der Waals surface area contributed by atoms with Crippen molar-refractivity contribution in [2.45, 2.75) is 18.6 Å². The number of carboxylic acid groups (broad SMARTS) is 1. The molecular formula is C27H25Cl2FN4O3. The number of rotatable bonds is 4. The largest absolute Gasteiger partial charge is 0.497 e. The molecule has 0 radical (unpaired) electrons. The molecule has 192 valence electrons. The van der Waals surface area contributed by atoms with E-state index in [4.69, 9.17) is 48.6 Å². The van der Waals surface area contributed by atoms with E-state index in [9.17, 15) is 4.39 Å². The summed E-state index contributed by atoms with van der Waals surface area (Å²) in [7, 11) is 1.62. The molecule has 0 spiro atoms. The van der Waals surface area contributed by atoms with Crippen LogP contribution in [0.5, 0.6) is 5.75 Å². The predicted octanol–water partition coefficient (Wildman–Crippen LogP) is 5.38. The van der Waals surface area contributed by atoms with Crippen molar-refractivity contribution in [1.82, 2.24) is 4.90 Å². The van der Waals surface area contributed by atoms with Gasteiger partial charge in [0.2, 0.25) is 0 Å². The molecule has 2 aliphatic heterocycles. The smallest absolute Gasteiger partial charge is 0.300 e. The predicted molar refractivity (Wildman–Crippen MR) is 145 cm³/mol. The SMILES string of the molecule is CC(=O)O.COc1ccc(C2(c3cccc(-c4cc(Cl)cc(Cl)c4)c3)N=C(N)N3CC(F)CN=C32)cc1. The van der Waals surface area contributed by atoms with Crippen molar-refractivity contribution in [3.8, 4) is 16.9 Å². The van der Waals surface area contributed by atoms with Gasteiger partial charge >= 0.3 is 0 Å². The highest BCUT2D eigenvalue weighted by molar-refractivity contribution is 6.35. The lowest BCUT2D eigenvalue weighted by atomic mass is 9.81. The Labute approximate surface area is 224 Å². The van der Waals surface area contributed by atoms with Crippen LogP contribution in [0, 0.1) is 0 Å². The van der Waals surface area contributed by atoms with Gasteiger partial charge in [0.25, 0.3) is 5.97 Å². The van der Waals surface area contributed by atoms with Crippen LogP contribution in [0.1, 0.15) is 18.1 Å². The number of hydrogen-bond acceptors (Lipinski definition) is 6. The number of alkyl halides is 1. The third kappa shape index (κ3) is 5.40. The highest BCUT2D eigenvalue weighted by Gasteiger charge is 2.50. The zero-order valence-corrected chi connectivity index (χ0v) is 21.7. The number of methoxy groups -OCH3 is 1. The number of nitrogens with zero attached hydrogens (tertiary/aromatic N) is 3. The van der Waals surface area contributed by atoms with Crippen molar-refractivity contribution in [1.29, 1.82) is 0 Å². The summed E-state index contributed by atoms with van der Waals surface area (Å²) in [5.41, 5.74) is 8.79. The molecule has 3 N–H and O–H groups in total. The van der Waals surface area contributed by atoms with Crippen molar-refractivity contribution >= 4 is 41.0 Å². The van der Waals surface area contributed by atoms with Crippen LogP contribution < -0.4 is 10.5 Å². The van der Waals surface area contributed by atoms with Gasteiger partial charge < -0.3 is 15.6 Å². The molecule has 2 heterocycles. The molecule has 0 bridgehead atoms. The van der Waals surface area contributed by atoms with Crippen LogP contribution in [0.3, 0.4) is 0 Å². The highest BCUT2D eigenvalue weighted by atomic mass is 35.5. The molecule has 3 aromatic rings. The first-order chi connectivity index (χ1) is 17.6. The van der Waals surface area contributed by atoms with Crippen molar-refractivity contribution in [3.63, 3.8) is 0 Å². The number of aliphatic imine (C=N–C) groups is 2. The van der Waals surface area contributed by atoms with Gasteiger partial charge in [-0.25, -0.2) is 9.38 Å². The summed E-state index contributed by atoms with van der Waals surface area (Å²) >= 11 is 12.5. The van der Waals surface area contributed by atoms with Gasteiger partial charge in [0.05, 0.1) is 20.2 Å². The maximum absolute atomic E-state index is 14.2. The molecule has 0 aliphatic carbocycles. The fourth-order valence-corrected chi connectivity index (χ4v) is 4.96. The summed E-state index contributed by atoms with van der Waals surface area (Å²) in [6.45, 7) is 1.27. The van der Waals surface area contributed by atoms with Crippen LogP contribution in [0.15, 0.2) is 76.7 Å². The van der Waals surface area contributed by atoms with Crippen molar-refractivity contribution in [2.24, 2.45) is 15.7 Å². The van der Waals surface area contributed by atoms with E-state index in [0.29, 0.717) is 15.9 Å². The van der Waals surface area contributed by atoms with E-state index in [0.717, 1.165) is 34.9 Å². The molecule has 2 atom stereocenters. The van der Waals surface area contributed by atoms with Crippen LogP contribution in [-0.4, -0.2) is 54.1 Å². The molecule has 0 fully saturated rings. The number of carboxylic acids is 1. The Morgan fingerprint density at radius 3 is 2.35 bits per heavy atom. The first kappa shape index (κ1) is 26.4. The lowest BCUT2D eigenvalue weighted by molar-refractivity contribution is -0.134. The number of hydrogen-bond donors (Lipinski definition) is 2. The average Bonchev–Trinajstić information content (AvgIpc) is 3.16. The molecule has 10 heteroatoms. The van der Waals surface area contributed by atoms with Gasteiger partial charge in [0.15, 0.2) is 11.5 Å². The second-order valence-electron chi connectivity index (χ2n) is 8.54. The number of nitrogens with two attached hydrogens (primary N) is 1. The molecule has 0 aromatic heterocycles. The number of amidine groups is 1. The minimum absolute atomic E-state index is 0.0656. The Kier molecular flexibility index (Phi) is 7.71. The van der Waals surface area contributed by atoms with E-state index in [1.165, 1.54) is 0 Å². The van der Waals surface area contributed by atoms with E-state index in [-0.39, 0.29) is 19.0 Å². The summed E-state index contributed by atoms with van der Waals surface area (Å²) in [5, 5.41) is 8.51. The van der Waals surface area contributed by atoms with E-state index < -0.39 is 17.7 Å². The Hall–Kier alpha value is -3.62. The van der Waals surface area contributed by atoms with Crippen molar-refractivity contribution in [2.75, 3.05) is 20.2 Å². The van der Waals surface area contributed by atoms with E-state index in [1.807, 2.05) is 60.7 Å². The highest BCUT2D eigenvalue weighted by Crippen LogP contribution is 2.43. The summed E-state index contributed by atoms with van der Waals surface area (Å²) < 4.78 is 19.5. The second kappa shape index (κ2) is 10.8. The summed E-state index contributed by atoms with van der Waals surface area (Å²) in [4.78, 5) is 20.2. The van der Waals surface area contributed by atoms with Crippen LogP contribution in [0.25, 0.3) is 11.1 Å². The number of halogens is 3. The molecular weight excluding hydrogens is 518 g/mol. The van der Waals surface area contributed by atoms with Gasteiger partial charge in [0.1, 0.15) is 17.8 Å². The molecule has 2 aliphatic rings. The number of aliphatic carboxylic acids is 1. The molecule has 5 rings (SSSR count). The third-order valence-electron chi connectivity index (χ3n) is 5.94. The minimum Gasteiger partial charge on any atom is -0.497 e. The second-order valence-corrected chi connectivity index (χ2v) is 9.41. The van der Waals surface area contributed by atoms with Crippen LogP contribution in [0.2, 0.25) is 10.0 Å². The monoisotopic (exact) mass is 542 g/mol. The first-order valence-corrected chi connectivity index (χ1v) is 12.1. The van der Waals surface area contributed by atoms with Gasteiger partial charge in [-0.05, 0) is 58.7 Å². The van der Waals surface area contributed by atoms with Crippen LogP contribution in [-0.2, 0) is 10.3 Å². The standard InChI is InChI=1S/C25H21Cl2FN4O.C2H4O2/c1-33-22-7-5-17(6-8-22)25(23-30-13-21(28)14-32(23)24(29)31-25)18-4-2-3-15(9-18)16-10-19(26)12-20(27)11-16;1-2(3)4/h2-12,21H,13-14H2,1H3,(H2,29,31);1H3,(H,3,4). The average molecular weight is 543 g/mol. The number of ether oxygens (including phenoxy) is 1. The minimum atomic E-state index is -1.10. The normalized spacial score (nSPS) is 20.2.